The summed E-state index contributed by atoms with van der Waals surface area (Å²) in [7, 11) is 0. The summed E-state index contributed by atoms with van der Waals surface area (Å²) >= 11 is 1.44. The number of carbonyl (C=O) groups excluding carboxylic acids is 1. The van der Waals surface area contributed by atoms with Crippen molar-refractivity contribution in [3.63, 3.8) is 0 Å². The Morgan fingerprint density at radius 1 is 1.00 bits per heavy atom. The molecule has 0 radical (unpaired) electrons. The third-order valence-corrected chi connectivity index (χ3v) is 5.38. The molecule has 0 aliphatic carbocycles. The standard InChI is InChI=1S/C23H19N5O2S/c1-15(26-28-23-24-19-13-7-8-14-20(19)31-23)25-27-18-12-6-5-11-17(18)22(30)21(29)16-9-3-2-4-10-16/h2-14,21,27,29H,1H3. The molecule has 3 aromatic carbocycles. The van der Waals surface area contributed by atoms with Crippen LogP contribution in [0.5, 0.6) is 0 Å². The monoisotopic (exact) mass is 429 g/mol. The van der Waals surface area contributed by atoms with E-state index >= 15 is 0 Å². The Morgan fingerprint density at radius 3 is 2.52 bits per heavy atom. The molecule has 31 heavy (non-hydrogen) atoms. The Hall–Kier alpha value is -3.75. The van der Waals surface area contributed by atoms with Gasteiger partial charge in [-0.05, 0) is 36.8 Å². The van der Waals surface area contributed by atoms with Crippen molar-refractivity contribution in [3.8, 4) is 0 Å². The lowest BCUT2D eigenvalue weighted by atomic mass is 9.99. The summed E-state index contributed by atoms with van der Waals surface area (Å²) in [4.78, 5) is 17.2. The highest BCUT2D eigenvalue weighted by atomic mass is 32.1. The zero-order valence-corrected chi connectivity index (χ0v) is 17.5. The Kier molecular flexibility index (Phi) is 6.21. The number of Topliss-reactive ketones (excluding diaryl/α,β-unsaturated/α-hetero) is 1. The van der Waals surface area contributed by atoms with Crippen molar-refractivity contribution in [1.82, 2.24) is 4.98 Å². The number of anilines is 1. The van der Waals surface area contributed by atoms with Gasteiger partial charge in [-0.3, -0.25) is 10.2 Å². The summed E-state index contributed by atoms with van der Waals surface area (Å²) in [5.74, 6) is -0.0524. The maximum Gasteiger partial charge on any atom is 0.231 e. The van der Waals surface area contributed by atoms with Crippen molar-refractivity contribution in [1.29, 1.82) is 0 Å². The van der Waals surface area contributed by atoms with E-state index in [1.54, 1.807) is 55.5 Å². The number of para-hydroxylation sites is 2. The van der Waals surface area contributed by atoms with Gasteiger partial charge in [0.1, 0.15) is 6.10 Å². The van der Waals surface area contributed by atoms with Crippen LogP contribution < -0.4 is 5.43 Å². The van der Waals surface area contributed by atoms with Gasteiger partial charge < -0.3 is 5.11 Å². The van der Waals surface area contributed by atoms with E-state index in [1.165, 1.54) is 11.3 Å². The highest BCUT2D eigenvalue weighted by molar-refractivity contribution is 7.21. The number of hydrazone groups is 1. The van der Waals surface area contributed by atoms with Gasteiger partial charge in [0.15, 0.2) is 11.6 Å². The number of benzene rings is 3. The van der Waals surface area contributed by atoms with Crippen LogP contribution in [0.1, 0.15) is 28.9 Å². The molecular formula is C23H19N5O2S. The van der Waals surface area contributed by atoms with Crippen molar-refractivity contribution in [2.45, 2.75) is 13.0 Å². The molecule has 0 saturated carbocycles. The second-order valence-electron chi connectivity index (χ2n) is 6.66. The number of aliphatic hydroxyl groups is 1. The number of thiazole rings is 1. The van der Waals surface area contributed by atoms with Gasteiger partial charge in [0.05, 0.1) is 15.9 Å². The minimum absolute atomic E-state index is 0.332. The van der Waals surface area contributed by atoms with Crippen LogP contribution in [0, 0.1) is 0 Å². The van der Waals surface area contributed by atoms with E-state index in [1.807, 2.05) is 30.3 Å². The molecule has 7 nitrogen and oxygen atoms in total. The van der Waals surface area contributed by atoms with Gasteiger partial charge in [0.25, 0.3) is 0 Å². The lowest BCUT2D eigenvalue weighted by Gasteiger charge is -2.13. The number of ketones is 1. The minimum Gasteiger partial charge on any atom is -0.380 e. The predicted octanol–water partition coefficient (Wildman–Crippen LogP) is 5.74. The molecule has 0 amide bonds. The third kappa shape index (κ3) is 4.88. The maximum absolute atomic E-state index is 12.8. The van der Waals surface area contributed by atoms with Gasteiger partial charge >= 0.3 is 0 Å². The maximum atomic E-state index is 12.8. The Morgan fingerprint density at radius 2 is 1.71 bits per heavy atom. The molecule has 0 fully saturated rings. The highest BCUT2D eigenvalue weighted by Gasteiger charge is 2.21. The average Bonchev–Trinajstić information content (AvgIpc) is 3.24. The van der Waals surface area contributed by atoms with Gasteiger partial charge in [-0.2, -0.15) is 5.10 Å². The SMILES string of the molecule is CC(N=Nc1nc2ccccc2s1)=NNc1ccccc1C(=O)C(O)c1ccccc1. The van der Waals surface area contributed by atoms with Crippen molar-refractivity contribution in [3.05, 3.63) is 90.0 Å². The van der Waals surface area contributed by atoms with Gasteiger partial charge in [0.2, 0.25) is 5.13 Å². The zero-order valence-electron chi connectivity index (χ0n) is 16.6. The van der Waals surface area contributed by atoms with E-state index in [4.69, 9.17) is 0 Å². The van der Waals surface area contributed by atoms with E-state index in [0.29, 0.717) is 27.8 Å². The van der Waals surface area contributed by atoms with Crippen molar-refractivity contribution >= 4 is 44.0 Å². The summed E-state index contributed by atoms with van der Waals surface area (Å²) in [6.45, 7) is 1.69. The van der Waals surface area contributed by atoms with E-state index in [2.05, 4.69) is 25.7 Å². The first-order chi connectivity index (χ1) is 15.1. The summed E-state index contributed by atoms with van der Waals surface area (Å²) < 4.78 is 1.04. The number of hydrogen-bond acceptors (Lipinski definition) is 7. The average molecular weight is 430 g/mol. The van der Waals surface area contributed by atoms with E-state index in [9.17, 15) is 9.90 Å². The van der Waals surface area contributed by atoms with Crippen LogP contribution in [-0.4, -0.2) is 21.7 Å². The quantitative estimate of drug-likeness (QED) is 0.134. The summed E-state index contributed by atoms with van der Waals surface area (Å²) in [5.41, 5.74) is 5.06. The molecule has 1 aromatic heterocycles. The van der Waals surface area contributed by atoms with E-state index < -0.39 is 11.9 Å². The van der Waals surface area contributed by atoms with Crippen LogP contribution in [0.25, 0.3) is 10.2 Å². The number of hydrogen-bond donors (Lipinski definition) is 2. The topological polar surface area (TPSA) is 99.3 Å². The molecule has 1 heterocycles. The molecule has 0 aliphatic heterocycles. The number of rotatable bonds is 6. The van der Waals surface area contributed by atoms with Gasteiger partial charge in [-0.1, -0.05) is 65.9 Å². The van der Waals surface area contributed by atoms with Gasteiger partial charge in [0, 0.05) is 5.56 Å². The number of aliphatic hydroxyl groups excluding tert-OH is 1. The fourth-order valence-electron chi connectivity index (χ4n) is 2.91. The third-order valence-electron chi connectivity index (χ3n) is 4.46. The number of nitrogens with zero attached hydrogens (tertiary/aromatic N) is 4. The molecule has 1 unspecified atom stereocenters. The molecule has 4 rings (SSSR count). The smallest absolute Gasteiger partial charge is 0.231 e. The van der Waals surface area contributed by atoms with Gasteiger partial charge in [-0.25, -0.2) is 4.98 Å². The number of nitrogens with one attached hydrogen (secondary N) is 1. The number of aromatic nitrogens is 1. The Labute approximate surface area is 182 Å². The minimum atomic E-state index is -1.26. The van der Waals surface area contributed by atoms with Crippen LogP contribution in [0.2, 0.25) is 0 Å². The summed E-state index contributed by atoms with van der Waals surface area (Å²) in [6, 6.07) is 23.5. The van der Waals surface area contributed by atoms with Crippen LogP contribution in [0.15, 0.2) is 94.2 Å². The first-order valence-electron chi connectivity index (χ1n) is 9.55. The largest absolute Gasteiger partial charge is 0.380 e. The van der Waals surface area contributed by atoms with E-state index in [0.717, 1.165) is 10.2 Å². The molecular weight excluding hydrogens is 410 g/mol. The van der Waals surface area contributed by atoms with Crippen LogP contribution in [-0.2, 0) is 0 Å². The lowest BCUT2D eigenvalue weighted by molar-refractivity contribution is 0.0748. The number of fused-ring (bicyclic) bond motifs is 1. The van der Waals surface area contributed by atoms with E-state index in [-0.39, 0.29) is 0 Å². The lowest BCUT2D eigenvalue weighted by Crippen LogP contribution is -2.14. The molecule has 1 atom stereocenters. The fraction of sp³-hybridized carbons (Fsp3) is 0.0870. The molecule has 0 spiro atoms. The molecule has 2 N–H and O–H groups in total. The first-order valence-corrected chi connectivity index (χ1v) is 10.4. The van der Waals surface area contributed by atoms with Crippen LogP contribution in [0.4, 0.5) is 10.8 Å². The molecule has 154 valence electrons. The summed E-state index contributed by atoms with van der Waals surface area (Å²) in [5, 5.41) is 23.4. The fourth-order valence-corrected chi connectivity index (χ4v) is 3.70. The highest BCUT2D eigenvalue weighted by Crippen LogP contribution is 2.28. The number of azo groups is 1. The normalized spacial score (nSPS) is 12.9. The van der Waals surface area contributed by atoms with Gasteiger partial charge in [-0.15, -0.1) is 10.2 Å². The molecule has 8 heteroatoms. The first kappa shape index (κ1) is 20.5. The Bertz CT molecular complexity index is 1230. The van der Waals surface area contributed by atoms with Crippen molar-refractivity contribution < 1.29 is 9.90 Å². The molecule has 0 aliphatic rings. The second-order valence-corrected chi connectivity index (χ2v) is 7.67. The predicted molar refractivity (Wildman–Crippen MR) is 123 cm³/mol. The number of carbonyl (C=O) groups is 1. The van der Waals surface area contributed by atoms with Crippen LogP contribution in [0.3, 0.4) is 0 Å². The Balaban J connectivity index is 1.49. The molecule has 4 aromatic rings. The van der Waals surface area contributed by atoms with Crippen molar-refractivity contribution in [2.24, 2.45) is 15.3 Å². The zero-order chi connectivity index (χ0) is 21.6. The number of amidine groups is 1. The molecule has 0 bridgehead atoms. The van der Waals surface area contributed by atoms with Crippen molar-refractivity contribution in [2.75, 3.05) is 5.43 Å². The van der Waals surface area contributed by atoms with Crippen LogP contribution >= 0.6 is 11.3 Å². The summed E-state index contributed by atoms with van der Waals surface area (Å²) in [6.07, 6.45) is -1.26. The molecule has 0 saturated heterocycles. The second kappa shape index (κ2) is 9.38.